The molecule has 0 saturated heterocycles. The molecule has 0 atom stereocenters. The molecule has 0 N–H and O–H groups in total. The number of nitrogens with zero attached hydrogens (tertiary/aromatic N) is 2. The van der Waals surface area contributed by atoms with Gasteiger partial charge in [0.25, 0.3) is 0 Å². The van der Waals surface area contributed by atoms with E-state index in [9.17, 15) is 0 Å². The number of fused-ring (bicyclic) bond motifs is 12. The molecule has 0 radical (unpaired) electrons. The van der Waals surface area contributed by atoms with E-state index in [1.165, 1.54) is 70.8 Å². The fraction of sp³-hybridized carbons (Fsp3) is 0. The summed E-state index contributed by atoms with van der Waals surface area (Å²) in [6.45, 7) is 0. The molecule has 0 saturated carbocycles. The van der Waals surface area contributed by atoms with Gasteiger partial charge in [-0.25, -0.2) is 0 Å². The van der Waals surface area contributed by atoms with Gasteiger partial charge in [0.2, 0.25) is 0 Å². The molecule has 11 rings (SSSR count). The highest BCUT2D eigenvalue weighted by Gasteiger charge is 2.21. The quantitative estimate of drug-likeness (QED) is 0.194. The topological polar surface area (TPSA) is 23.0 Å². The van der Waals surface area contributed by atoms with Crippen LogP contribution in [-0.2, 0) is 0 Å². The maximum absolute atomic E-state index is 6.38. The third kappa shape index (κ3) is 3.40. The largest absolute Gasteiger partial charge is 0.456 e. The summed E-state index contributed by atoms with van der Waals surface area (Å²) in [5, 5.41) is 12.3. The number of hydrogen-bond acceptors (Lipinski definition) is 1. The van der Waals surface area contributed by atoms with Crippen molar-refractivity contribution in [2.45, 2.75) is 0 Å². The molecule has 11 aromatic rings. The molecule has 0 aliphatic heterocycles. The van der Waals surface area contributed by atoms with Gasteiger partial charge in [-0.05, 0) is 82.2 Å². The van der Waals surface area contributed by atoms with Gasteiger partial charge in [-0.3, -0.25) is 0 Å². The number of hydrogen-bond donors (Lipinski definition) is 0. The van der Waals surface area contributed by atoms with Crippen molar-refractivity contribution in [3.8, 4) is 11.4 Å². The summed E-state index contributed by atoms with van der Waals surface area (Å²) in [5.74, 6) is 0. The third-order valence-corrected chi connectivity index (χ3v) is 10.0. The summed E-state index contributed by atoms with van der Waals surface area (Å²) in [7, 11) is 0. The molecule has 0 bridgehead atoms. The average Bonchev–Trinajstić information content (AvgIpc) is 3.77. The Morgan fingerprint density at radius 2 is 0.894 bits per heavy atom. The van der Waals surface area contributed by atoms with E-state index in [1.54, 1.807) is 0 Å². The van der Waals surface area contributed by atoms with Crippen LogP contribution in [0.5, 0.6) is 0 Å². The standard InChI is InChI=1S/C44H26N2O/c1-2-10-28-23-31(18-17-27(28)9-1)45-37-15-7-5-14-35(37)43-38(45)21-22-39-44(43)36-24-29-11-3-4-12-30(29)25-40(36)46(39)32-19-20-34-33-13-6-8-16-41(33)47-42(34)26-32/h1-26H. The summed E-state index contributed by atoms with van der Waals surface area (Å²) in [6, 6.07) is 57.2. The SMILES string of the molecule is c1ccc2cc(-n3c4ccccc4c4c5c6cc7ccccc7cc6n(-c6ccc7c(c6)oc6ccccc67)c5ccc43)ccc2c1. The smallest absolute Gasteiger partial charge is 0.137 e. The van der Waals surface area contributed by atoms with Crippen LogP contribution in [-0.4, -0.2) is 9.13 Å². The van der Waals surface area contributed by atoms with Gasteiger partial charge >= 0.3 is 0 Å². The van der Waals surface area contributed by atoms with Gasteiger partial charge in [-0.2, -0.15) is 0 Å². The van der Waals surface area contributed by atoms with Gasteiger partial charge in [-0.1, -0.05) is 91.0 Å². The molecule has 0 aliphatic carbocycles. The van der Waals surface area contributed by atoms with Crippen LogP contribution < -0.4 is 0 Å². The number of rotatable bonds is 2. The van der Waals surface area contributed by atoms with Gasteiger partial charge in [0.05, 0.1) is 22.1 Å². The fourth-order valence-corrected chi connectivity index (χ4v) is 7.98. The molecular weight excluding hydrogens is 572 g/mol. The highest BCUT2D eigenvalue weighted by molar-refractivity contribution is 6.30. The molecule has 3 nitrogen and oxygen atoms in total. The second-order valence-electron chi connectivity index (χ2n) is 12.6. The zero-order valence-corrected chi connectivity index (χ0v) is 25.3. The zero-order valence-electron chi connectivity index (χ0n) is 25.3. The minimum Gasteiger partial charge on any atom is -0.456 e. The lowest BCUT2D eigenvalue weighted by molar-refractivity contribution is 0.668. The van der Waals surface area contributed by atoms with E-state index in [1.807, 2.05) is 12.1 Å². The molecule has 0 amide bonds. The predicted octanol–water partition coefficient (Wildman–Crippen LogP) is 12.1. The molecule has 0 spiro atoms. The van der Waals surface area contributed by atoms with E-state index in [-0.39, 0.29) is 0 Å². The van der Waals surface area contributed by atoms with Crippen LogP contribution in [0, 0.1) is 0 Å². The maximum atomic E-state index is 6.38. The molecule has 0 fully saturated rings. The Bertz CT molecular complexity index is 3080. The van der Waals surface area contributed by atoms with Crippen molar-refractivity contribution in [1.29, 1.82) is 0 Å². The summed E-state index contributed by atoms with van der Waals surface area (Å²) < 4.78 is 11.2. The maximum Gasteiger partial charge on any atom is 0.137 e. The van der Waals surface area contributed by atoms with E-state index in [0.717, 1.165) is 27.6 Å². The van der Waals surface area contributed by atoms with Crippen LogP contribution in [0.15, 0.2) is 162 Å². The Morgan fingerprint density at radius 3 is 1.72 bits per heavy atom. The first kappa shape index (κ1) is 24.9. The normalized spacial score (nSPS) is 12.3. The first-order valence-corrected chi connectivity index (χ1v) is 16.1. The number of aromatic nitrogens is 2. The van der Waals surface area contributed by atoms with Crippen molar-refractivity contribution in [3.05, 3.63) is 158 Å². The van der Waals surface area contributed by atoms with E-state index < -0.39 is 0 Å². The lowest BCUT2D eigenvalue weighted by atomic mass is 10.0. The van der Waals surface area contributed by atoms with Crippen molar-refractivity contribution in [2.24, 2.45) is 0 Å². The second kappa shape index (κ2) is 9.12. The summed E-state index contributed by atoms with van der Waals surface area (Å²) in [5.41, 5.74) is 8.83. The number of furan rings is 1. The second-order valence-corrected chi connectivity index (χ2v) is 12.6. The van der Waals surface area contributed by atoms with E-state index >= 15 is 0 Å². The highest BCUT2D eigenvalue weighted by Crippen LogP contribution is 2.44. The Labute approximate surface area is 269 Å². The Kier molecular flexibility index (Phi) is 4.84. The summed E-state index contributed by atoms with van der Waals surface area (Å²) in [6.07, 6.45) is 0. The van der Waals surface area contributed by atoms with Gasteiger partial charge in [0, 0.05) is 49.8 Å². The highest BCUT2D eigenvalue weighted by atomic mass is 16.3. The monoisotopic (exact) mass is 598 g/mol. The number of benzene rings is 8. The number of para-hydroxylation sites is 2. The van der Waals surface area contributed by atoms with E-state index in [0.29, 0.717) is 0 Å². The molecule has 3 heterocycles. The average molecular weight is 599 g/mol. The van der Waals surface area contributed by atoms with Gasteiger partial charge in [0.1, 0.15) is 11.2 Å². The van der Waals surface area contributed by atoms with Crippen molar-refractivity contribution in [1.82, 2.24) is 9.13 Å². The van der Waals surface area contributed by atoms with E-state index in [2.05, 4.69) is 155 Å². The first-order chi connectivity index (χ1) is 23.3. The van der Waals surface area contributed by atoms with Gasteiger partial charge < -0.3 is 13.6 Å². The van der Waals surface area contributed by atoms with Crippen LogP contribution in [0.3, 0.4) is 0 Å². The summed E-state index contributed by atoms with van der Waals surface area (Å²) in [4.78, 5) is 0. The van der Waals surface area contributed by atoms with Crippen LogP contribution >= 0.6 is 0 Å². The van der Waals surface area contributed by atoms with Gasteiger partial charge in [0.15, 0.2) is 0 Å². The Balaban J connectivity index is 1.29. The minimum atomic E-state index is 0.897. The third-order valence-electron chi connectivity index (χ3n) is 10.0. The van der Waals surface area contributed by atoms with Crippen molar-refractivity contribution < 1.29 is 4.42 Å². The van der Waals surface area contributed by atoms with Crippen molar-refractivity contribution in [3.63, 3.8) is 0 Å². The van der Waals surface area contributed by atoms with Crippen LogP contribution in [0.1, 0.15) is 0 Å². The molecule has 47 heavy (non-hydrogen) atoms. The molecule has 0 unspecified atom stereocenters. The zero-order chi connectivity index (χ0) is 30.6. The minimum absolute atomic E-state index is 0.897. The molecule has 0 aliphatic rings. The molecule has 8 aromatic carbocycles. The van der Waals surface area contributed by atoms with Crippen LogP contribution in [0.4, 0.5) is 0 Å². The van der Waals surface area contributed by atoms with Crippen LogP contribution in [0.2, 0.25) is 0 Å². The lowest BCUT2D eigenvalue weighted by Gasteiger charge is -2.10. The Hall–Kier alpha value is -6.32. The molecular formula is C44H26N2O. The fourth-order valence-electron chi connectivity index (χ4n) is 7.98. The molecule has 218 valence electrons. The molecule has 3 aromatic heterocycles. The lowest BCUT2D eigenvalue weighted by Crippen LogP contribution is -1.95. The van der Waals surface area contributed by atoms with Crippen LogP contribution in [0.25, 0.3) is 98.5 Å². The molecule has 3 heteroatoms. The predicted molar refractivity (Wildman–Crippen MR) is 197 cm³/mol. The Morgan fingerprint density at radius 1 is 0.319 bits per heavy atom. The summed E-state index contributed by atoms with van der Waals surface area (Å²) >= 11 is 0. The van der Waals surface area contributed by atoms with Gasteiger partial charge in [-0.15, -0.1) is 0 Å². The van der Waals surface area contributed by atoms with E-state index in [4.69, 9.17) is 4.42 Å². The first-order valence-electron chi connectivity index (χ1n) is 16.1. The van der Waals surface area contributed by atoms with Crippen molar-refractivity contribution >= 4 is 87.1 Å². The van der Waals surface area contributed by atoms with Crippen molar-refractivity contribution in [2.75, 3.05) is 0 Å².